The van der Waals surface area contributed by atoms with E-state index in [4.69, 9.17) is 0 Å². The second-order valence-corrected chi connectivity index (χ2v) is 8.73. The van der Waals surface area contributed by atoms with Crippen LogP contribution in [-0.4, -0.2) is 0 Å². The van der Waals surface area contributed by atoms with E-state index in [0.29, 0.717) is 0 Å². The quantitative estimate of drug-likeness (QED) is 0.489. The topological polar surface area (TPSA) is 0 Å². The van der Waals surface area contributed by atoms with E-state index in [0.717, 1.165) is 23.7 Å². The molecule has 1 aromatic carbocycles. The van der Waals surface area contributed by atoms with Crippen molar-refractivity contribution in [2.75, 3.05) is 0 Å². The van der Waals surface area contributed by atoms with Gasteiger partial charge in [0, 0.05) is 0 Å². The number of aryl methyl sites for hydroxylation is 1. The maximum absolute atomic E-state index is 2.35. The molecule has 2 fully saturated rings. The molecule has 2 aliphatic carbocycles. The molecule has 0 nitrogen and oxygen atoms in total. The molecule has 0 aromatic heterocycles. The van der Waals surface area contributed by atoms with E-state index in [1.807, 2.05) is 0 Å². The van der Waals surface area contributed by atoms with Crippen LogP contribution in [0.4, 0.5) is 0 Å². The standard InChI is InChI=1S/C24H38/c1-2-7-20-12-16-23(17-13-20)24-18-14-22(15-19-24)11-6-10-21-8-4-3-5-9-21/h3-5,8-9,20,22-24H,2,6-7,10-19H2,1H3/t20-,22-,23-,24-. The Hall–Kier alpha value is -0.780. The van der Waals surface area contributed by atoms with Crippen molar-refractivity contribution >= 4 is 0 Å². The smallest absolute Gasteiger partial charge is 0.0279 e. The van der Waals surface area contributed by atoms with Crippen molar-refractivity contribution in [3.8, 4) is 0 Å². The van der Waals surface area contributed by atoms with E-state index in [1.165, 1.54) is 63.4 Å². The van der Waals surface area contributed by atoms with E-state index >= 15 is 0 Å². The van der Waals surface area contributed by atoms with Crippen molar-refractivity contribution in [2.45, 2.75) is 90.4 Å². The first-order valence-electron chi connectivity index (χ1n) is 10.9. The van der Waals surface area contributed by atoms with Gasteiger partial charge in [0.2, 0.25) is 0 Å². The summed E-state index contributed by atoms with van der Waals surface area (Å²) in [7, 11) is 0. The van der Waals surface area contributed by atoms with Gasteiger partial charge in [-0.3, -0.25) is 0 Å². The van der Waals surface area contributed by atoms with Crippen molar-refractivity contribution in [1.82, 2.24) is 0 Å². The van der Waals surface area contributed by atoms with Crippen molar-refractivity contribution in [3.05, 3.63) is 35.9 Å². The molecule has 0 spiro atoms. The molecule has 0 atom stereocenters. The van der Waals surface area contributed by atoms with E-state index in [1.54, 1.807) is 25.7 Å². The Labute approximate surface area is 150 Å². The molecule has 24 heavy (non-hydrogen) atoms. The minimum absolute atomic E-state index is 1.03. The molecule has 0 N–H and O–H groups in total. The second-order valence-electron chi connectivity index (χ2n) is 8.73. The Morgan fingerprint density at radius 2 is 1.25 bits per heavy atom. The van der Waals surface area contributed by atoms with Crippen molar-refractivity contribution in [2.24, 2.45) is 23.7 Å². The molecule has 2 saturated carbocycles. The molecule has 0 aliphatic heterocycles. The first kappa shape index (κ1) is 18.0. The van der Waals surface area contributed by atoms with E-state index in [2.05, 4.69) is 37.3 Å². The summed E-state index contributed by atoms with van der Waals surface area (Å²) in [6.07, 6.45) is 19.3. The molecular formula is C24H38. The molecule has 0 bridgehead atoms. The van der Waals surface area contributed by atoms with Gasteiger partial charge in [-0.05, 0) is 67.8 Å². The van der Waals surface area contributed by atoms with Gasteiger partial charge in [-0.15, -0.1) is 0 Å². The summed E-state index contributed by atoms with van der Waals surface area (Å²) >= 11 is 0. The highest BCUT2D eigenvalue weighted by Crippen LogP contribution is 2.42. The van der Waals surface area contributed by atoms with Crippen LogP contribution >= 0.6 is 0 Å². The van der Waals surface area contributed by atoms with Crippen LogP contribution in [0.5, 0.6) is 0 Å². The Kier molecular flexibility index (Phi) is 7.24. The van der Waals surface area contributed by atoms with Gasteiger partial charge >= 0.3 is 0 Å². The third kappa shape index (κ3) is 5.36. The summed E-state index contributed by atoms with van der Waals surface area (Å²) in [5, 5.41) is 0. The molecule has 0 heterocycles. The fraction of sp³-hybridized carbons (Fsp3) is 0.750. The molecule has 2 aliphatic rings. The monoisotopic (exact) mass is 326 g/mol. The van der Waals surface area contributed by atoms with Crippen LogP contribution in [0.25, 0.3) is 0 Å². The highest BCUT2D eigenvalue weighted by Gasteiger charge is 2.30. The van der Waals surface area contributed by atoms with Gasteiger partial charge in [0.25, 0.3) is 0 Å². The lowest BCUT2D eigenvalue weighted by Crippen LogP contribution is -2.25. The van der Waals surface area contributed by atoms with Gasteiger partial charge in [-0.2, -0.15) is 0 Å². The SMILES string of the molecule is CCC[C@H]1CC[C@H]([C@H]2CC[C@H](CCCc3ccccc3)CC2)CC1. The van der Waals surface area contributed by atoms with Crippen LogP contribution in [0.3, 0.4) is 0 Å². The van der Waals surface area contributed by atoms with Gasteiger partial charge in [0.1, 0.15) is 0 Å². The molecule has 0 amide bonds. The van der Waals surface area contributed by atoms with Crippen LogP contribution < -0.4 is 0 Å². The fourth-order valence-corrected chi connectivity index (χ4v) is 5.54. The van der Waals surface area contributed by atoms with E-state index in [-0.39, 0.29) is 0 Å². The second kappa shape index (κ2) is 9.64. The molecule has 0 saturated heterocycles. The van der Waals surface area contributed by atoms with Crippen molar-refractivity contribution < 1.29 is 0 Å². The minimum Gasteiger partial charge on any atom is -0.0654 e. The van der Waals surface area contributed by atoms with E-state index < -0.39 is 0 Å². The van der Waals surface area contributed by atoms with Crippen LogP contribution in [0.15, 0.2) is 30.3 Å². The van der Waals surface area contributed by atoms with Crippen LogP contribution in [-0.2, 0) is 6.42 Å². The Morgan fingerprint density at radius 3 is 1.79 bits per heavy atom. The Bertz CT molecular complexity index is 432. The average molecular weight is 327 g/mol. The molecule has 1 aromatic rings. The molecule has 134 valence electrons. The summed E-state index contributed by atoms with van der Waals surface area (Å²) in [5.41, 5.74) is 1.52. The number of benzene rings is 1. The molecule has 0 radical (unpaired) electrons. The first-order valence-corrected chi connectivity index (χ1v) is 10.9. The Morgan fingerprint density at radius 1 is 0.708 bits per heavy atom. The summed E-state index contributed by atoms with van der Waals surface area (Å²) < 4.78 is 0. The molecular weight excluding hydrogens is 288 g/mol. The predicted octanol–water partition coefficient (Wildman–Crippen LogP) is 7.42. The van der Waals surface area contributed by atoms with Crippen LogP contribution in [0, 0.1) is 23.7 Å². The number of hydrogen-bond acceptors (Lipinski definition) is 0. The average Bonchev–Trinajstić information content (AvgIpc) is 2.64. The lowest BCUT2D eigenvalue weighted by molar-refractivity contribution is 0.140. The normalized spacial score (nSPS) is 31.0. The number of rotatable bonds is 7. The van der Waals surface area contributed by atoms with Crippen molar-refractivity contribution in [1.29, 1.82) is 0 Å². The maximum atomic E-state index is 2.35. The maximum Gasteiger partial charge on any atom is -0.0279 e. The zero-order valence-corrected chi connectivity index (χ0v) is 15.9. The zero-order valence-electron chi connectivity index (χ0n) is 15.9. The largest absolute Gasteiger partial charge is 0.0654 e. The van der Waals surface area contributed by atoms with Crippen LogP contribution in [0.2, 0.25) is 0 Å². The van der Waals surface area contributed by atoms with Gasteiger partial charge in [0.05, 0.1) is 0 Å². The van der Waals surface area contributed by atoms with Gasteiger partial charge < -0.3 is 0 Å². The zero-order chi connectivity index (χ0) is 16.6. The highest BCUT2D eigenvalue weighted by molar-refractivity contribution is 5.14. The fourth-order valence-electron chi connectivity index (χ4n) is 5.54. The Balaban J connectivity index is 1.31. The summed E-state index contributed by atoms with van der Waals surface area (Å²) in [6, 6.07) is 11.0. The third-order valence-electron chi connectivity index (χ3n) is 7.07. The van der Waals surface area contributed by atoms with Gasteiger partial charge in [-0.25, -0.2) is 0 Å². The lowest BCUT2D eigenvalue weighted by atomic mass is 9.68. The lowest BCUT2D eigenvalue weighted by Gasteiger charge is -2.38. The molecule has 0 heteroatoms. The minimum atomic E-state index is 1.03. The molecule has 0 unspecified atom stereocenters. The highest BCUT2D eigenvalue weighted by atomic mass is 14.4. The van der Waals surface area contributed by atoms with Gasteiger partial charge in [0.15, 0.2) is 0 Å². The molecule has 3 rings (SSSR count). The first-order chi connectivity index (χ1) is 11.8. The number of hydrogen-bond donors (Lipinski definition) is 0. The summed E-state index contributed by atoms with van der Waals surface area (Å²) in [6.45, 7) is 2.35. The summed E-state index contributed by atoms with van der Waals surface area (Å²) in [4.78, 5) is 0. The van der Waals surface area contributed by atoms with Gasteiger partial charge in [-0.1, -0.05) is 82.2 Å². The van der Waals surface area contributed by atoms with Crippen LogP contribution in [0.1, 0.15) is 89.5 Å². The summed E-state index contributed by atoms with van der Waals surface area (Å²) in [5.74, 6) is 4.27. The van der Waals surface area contributed by atoms with Crippen molar-refractivity contribution in [3.63, 3.8) is 0 Å². The van der Waals surface area contributed by atoms with E-state index in [9.17, 15) is 0 Å². The predicted molar refractivity (Wildman–Crippen MR) is 105 cm³/mol. The third-order valence-corrected chi connectivity index (χ3v) is 7.07.